The summed E-state index contributed by atoms with van der Waals surface area (Å²) in [5.41, 5.74) is 0.645. The molecule has 1 aromatic carbocycles. The Morgan fingerprint density at radius 1 is 1.32 bits per heavy atom. The van der Waals surface area contributed by atoms with Crippen molar-refractivity contribution in [2.24, 2.45) is 0 Å². The van der Waals surface area contributed by atoms with Crippen molar-refractivity contribution in [2.75, 3.05) is 14.2 Å². The van der Waals surface area contributed by atoms with Gasteiger partial charge < -0.3 is 20.1 Å². The third-order valence-corrected chi connectivity index (χ3v) is 3.42. The quantitative estimate of drug-likeness (QED) is 0.639. The Bertz CT molecular complexity index is 641. The standard InChI is InChI=1S/C14H17N3O5/c1-4-10-13(17(19)20)12(16-14(18)15-10)9-7-8(21-2)5-6-11(9)22-3/h5-7,12H,4H2,1-3H3,(H2,15,16,18)/t12-/m0/s1. The molecule has 0 saturated carbocycles. The SMILES string of the molecule is CCC1=C([N+](=O)[O-])[C@H](c2cc(OC)ccc2OC)NC(=O)N1. The van der Waals surface area contributed by atoms with Crippen LogP contribution in [0.5, 0.6) is 11.5 Å². The summed E-state index contributed by atoms with van der Waals surface area (Å²) in [4.78, 5) is 22.7. The van der Waals surface area contributed by atoms with Crippen molar-refractivity contribution in [1.29, 1.82) is 0 Å². The highest BCUT2D eigenvalue weighted by atomic mass is 16.6. The van der Waals surface area contributed by atoms with E-state index in [0.717, 1.165) is 0 Å². The Morgan fingerprint density at radius 3 is 2.59 bits per heavy atom. The van der Waals surface area contributed by atoms with Gasteiger partial charge in [0.25, 0.3) is 5.70 Å². The molecule has 118 valence electrons. The highest BCUT2D eigenvalue weighted by Gasteiger charge is 2.38. The summed E-state index contributed by atoms with van der Waals surface area (Å²) >= 11 is 0. The maximum Gasteiger partial charge on any atom is 0.320 e. The topological polar surface area (TPSA) is 103 Å². The monoisotopic (exact) mass is 307 g/mol. The molecule has 1 aliphatic rings. The van der Waals surface area contributed by atoms with Crippen LogP contribution in [0.2, 0.25) is 0 Å². The van der Waals surface area contributed by atoms with Crippen LogP contribution in [0.15, 0.2) is 29.6 Å². The number of ether oxygens (including phenoxy) is 2. The Balaban J connectivity index is 2.62. The predicted molar refractivity (Wildman–Crippen MR) is 78.3 cm³/mol. The third-order valence-electron chi connectivity index (χ3n) is 3.42. The predicted octanol–water partition coefficient (Wildman–Crippen LogP) is 1.96. The van der Waals surface area contributed by atoms with Crippen molar-refractivity contribution < 1.29 is 19.2 Å². The number of carbonyl (C=O) groups is 1. The van der Waals surface area contributed by atoms with Crippen LogP contribution in [0.4, 0.5) is 4.79 Å². The first kappa shape index (κ1) is 15.6. The second kappa shape index (κ2) is 6.33. The molecule has 1 heterocycles. The van der Waals surface area contributed by atoms with E-state index in [4.69, 9.17) is 9.47 Å². The maximum absolute atomic E-state index is 11.8. The van der Waals surface area contributed by atoms with Crippen LogP contribution >= 0.6 is 0 Å². The normalized spacial score (nSPS) is 17.6. The van der Waals surface area contributed by atoms with Crippen LogP contribution in [0.25, 0.3) is 0 Å². The van der Waals surface area contributed by atoms with Crippen LogP contribution < -0.4 is 20.1 Å². The molecule has 0 spiro atoms. The van der Waals surface area contributed by atoms with E-state index < -0.39 is 17.0 Å². The summed E-state index contributed by atoms with van der Waals surface area (Å²) in [6.45, 7) is 1.74. The molecular weight excluding hydrogens is 290 g/mol. The fraction of sp³-hybridized carbons (Fsp3) is 0.357. The van der Waals surface area contributed by atoms with E-state index >= 15 is 0 Å². The lowest BCUT2D eigenvalue weighted by Gasteiger charge is -2.25. The van der Waals surface area contributed by atoms with Gasteiger partial charge in [0.2, 0.25) is 0 Å². The average molecular weight is 307 g/mol. The van der Waals surface area contributed by atoms with Crippen LogP contribution in [0.3, 0.4) is 0 Å². The minimum atomic E-state index is -0.913. The van der Waals surface area contributed by atoms with Gasteiger partial charge in [0.1, 0.15) is 11.5 Å². The number of allylic oxidation sites excluding steroid dienone is 1. The molecule has 0 aliphatic carbocycles. The van der Waals surface area contributed by atoms with Gasteiger partial charge in [-0.25, -0.2) is 4.79 Å². The van der Waals surface area contributed by atoms with E-state index in [9.17, 15) is 14.9 Å². The molecule has 22 heavy (non-hydrogen) atoms. The number of benzene rings is 1. The molecule has 8 nitrogen and oxygen atoms in total. The van der Waals surface area contributed by atoms with Crippen molar-refractivity contribution in [3.8, 4) is 11.5 Å². The van der Waals surface area contributed by atoms with Crippen LogP contribution in [0.1, 0.15) is 24.9 Å². The summed E-state index contributed by atoms with van der Waals surface area (Å²) in [5, 5.41) is 16.5. The van der Waals surface area contributed by atoms with Gasteiger partial charge in [0, 0.05) is 5.56 Å². The summed E-state index contributed by atoms with van der Waals surface area (Å²) in [6, 6.07) is 3.54. The lowest BCUT2D eigenvalue weighted by atomic mass is 9.98. The molecule has 1 aromatic rings. The van der Waals surface area contributed by atoms with Gasteiger partial charge in [0.15, 0.2) is 6.04 Å². The fourth-order valence-corrected chi connectivity index (χ4v) is 2.39. The van der Waals surface area contributed by atoms with Crippen LogP contribution in [-0.2, 0) is 0 Å². The van der Waals surface area contributed by atoms with Gasteiger partial charge in [-0.3, -0.25) is 10.1 Å². The Labute approximate surface area is 127 Å². The fourth-order valence-electron chi connectivity index (χ4n) is 2.39. The minimum absolute atomic E-state index is 0.103. The maximum atomic E-state index is 11.8. The van der Waals surface area contributed by atoms with Gasteiger partial charge >= 0.3 is 6.03 Å². The van der Waals surface area contributed by atoms with Crippen molar-refractivity contribution in [3.05, 3.63) is 45.3 Å². The Morgan fingerprint density at radius 2 is 2.05 bits per heavy atom. The molecule has 2 N–H and O–H groups in total. The number of rotatable bonds is 5. The average Bonchev–Trinajstić information content (AvgIpc) is 2.52. The minimum Gasteiger partial charge on any atom is -0.497 e. The van der Waals surface area contributed by atoms with Crippen molar-refractivity contribution >= 4 is 6.03 Å². The molecule has 0 aromatic heterocycles. The summed E-state index contributed by atoms with van der Waals surface area (Å²) < 4.78 is 10.4. The number of urea groups is 1. The van der Waals surface area contributed by atoms with Gasteiger partial charge in [-0.1, -0.05) is 6.92 Å². The van der Waals surface area contributed by atoms with E-state index in [1.165, 1.54) is 14.2 Å². The number of amides is 2. The van der Waals surface area contributed by atoms with Gasteiger partial charge in [-0.2, -0.15) is 0 Å². The van der Waals surface area contributed by atoms with E-state index in [2.05, 4.69) is 10.6 Å². The zero-order valence-electron chi connectivity index (χ0n) is 12.5. The number of hydrogen-bond acceptors (Lipinski definition) is 5. The number of methoxy groups -OCH3 is 2. The molecule has 0 radical (unpaired) electrons. The highest BCUT2D eigenvalue weighted by molar-refractivity contribution is 5.78. The third kappa shape index (κ3) is 2.80. The molecule has 2 rings (SSSR count). The number of carbonyl (C=O) groups excluding carboxylic acids is 1. The molecule has 0 saturated heterocycles. The number of nitrogens with one attached hydrogen (secondary N) is 2. The van der Waals surface area contributed by atoms with Crippen molar-refractivity contribution in [2.45, 2.75) is 19.4 Å². The zero-order chi connectivity index (χ0) is 16.3. The first-order chi connectivity index (χ1) is 10.5. The first-order valence-electron chi connectivity index (χ1n) is 6.68. The Hall–Kier alpha value is -2.77. The molecule has 1 atom stereocenters. The van der Waals surface area contributed by atoms with Gasteiger partial charge in [0.05, 0.1) is 24.8 Å². The van der Waals surface area contributed by atoms with Crippen molar-refractivity contribution in [1.82, 2.24) is 10.6 Å². The summed E-state index contributed by atoms with van der Waals surface area (Å²) in [5.74, 6) is 0.951. The van der Waals surface area contributed by atoms with Gasteiger partial charge in [-0.15, -0.1) is 0 Å². The van der Waals surface area contributed by atoms with E-state index in [1.54, 1.807) is 25.1 Å². The Kier molecular flexibility index (Phi) is 4.50. The number of nitro groups is 1. The first-order valence-corrected chi connectivity index (χ1v) is 6.68. The molecule has 0 fully saturated rings. The van der Waals surface area contributed by atoms with Crippen LogP contribution in [0, 0.1) is 10.1 Å². The second-order valence-corrected chi connectivity index (χ2v) is 4.61. The molecule has 8 heteroatoms. The summed E-state index contributed by atoms with van der Waals surface area (Å²) in [7, 11) is 2.96. The molecule has 2 amide bonds. The number of hydrogen-bond donors (Lipinski definition) is 2. The molecule has 0 unspecified atom stereocenters. The van der Waals surface area contributed by atoms with E-state index in [0.29, 0.717) is 23.5 Å². The van der Waals surface area contributed by atoms with Gasteiger partial charge in [-0.05, 0) is 24.6 Å². The van der Waals surface area contributed by atoms with E-state index in [-0.39, 0.29) is 11.4 Å². The zero-order valence-corrected chi connectivity index (χ0v) is 12.5. The van der Waals surface area contributed by atoms with E-state index in [1.807, 2.05) is 0 Å². The summed E-state index contributed by atoms with van der Waals surface area (Å²) in [6.07, 6.45) is 0.340. The lowest BCUT2D eigenvalue weighted by molar-refractivity contribution is -0.433. The van der Waals surface area contributed by atoms with Crippen LogP contribution in [-0.4, -0.2) is 25.2 Å². The molecular formula is C14H17N3O5. The van der Waals surface area contributed by atoms with Crippen molar-refractivity contribution in [3.63, 3.8) is 0 Å². The number of nitrogens with zero attached hydrogens (tertiary/aromatic N) is 1. The highest BCUT2D eigenvalue weighted by Crippen LogP contribution is 2.35. The lowest BCUT2D eigenvalue weighted by Crippen LogP contribution is -2.45. The molecule has 0 bridgehead atoms. The second-order valence-electron chi connectivity index (χ2n) is 4.61. The smallest absolute Gasteiger partial charge is 0.320 e. The molecule has 1 aliphatic heterocycles. The largest absolute Gasteiger partial charge is 0.497 e.